The Bertz CT molecular complexity index is 1160. The monoisotopic (exact) mass is 1070 g/mol. The maximum Gasteiger partial charge on any atom is 0.266 e. The molecule has 0 aliphatic rings. The maximum atomic E-state index is 13.1. The van der Waals surface area contributed by atoms with Gasteiger partial charge in [0.05, 0.1) is 21.6 Å². The van der Waals surface area contributed by atoms with E-state index in [1.807, 2.05) is 0 Å². The van der Waals surface area contributed by atoms with Crippen LogP contribution >= 0.6 is 167 Å². The number of rotatable bonds is 5. The highest BCUT2D eigenvalue weighted by molar-refractivity contribution is 9.42. The Labute approximate surface area is 255 Å². The van der Waals surface area contributed by atoms with Gasteiger partial charge in [-0.25, -0.2) is 21.8 Å². The second-order valence-electron chi connectivity index (χ2n) is 4.83. The lowest BCUT2D eigenvalue weighted by Crippen LogP contribution is -2.19. The third-order valence-electron chi connectivity index (χ3n) is 2.80. The van der Waals surface area contributed by atoms with Gasteiger partial charge >= 0.3 is 0 Å². The fourth-order valence-electron chi connectivity index (χ4n) is 1.64. The van der Waals surface area contributed by atoms with Gasteiger partial charge in [0.15, 0.2) is 0 Å². The molecule has 0 fully saturated rings. The summed E-state index contributed by atoms with van der Waals surface area (Å²) in [7, 11) is -8.16. The largest absolute Gasteiger partial charge is 0.266 e. The first-order valence-corrected chi connectivity index (χ1v) is 18.1. The number of hydrogen-bond acceptors (Lipinski definition) is 9. The minimum atomic E-state index is -4.12. The predicted octanol–water partition coefficient (Wildman–Crippen LogP) is 8.19. The van der Waals surface area contributed by atoms with Gasteiger partial charge in [-0.05, 0) is 156 Å². The number of nitrogens with zero attached hydrogens (tertiary/aromatic N) is 1. The Kier molecular flexibility index (Phi) is 10.5. The van der Waals surface area contributed by atoms with E-state index < -0.39 is 25.0 Å². The first-order valence-electron chi connectivity index (χ1n) is 6.44. The lowest BCUT2D eigenvalue weighted by molar-refractivity contribution is -0.184. The standard InChI is InChI=1S/C10H2Br9NO6S4/c11-8(12,13)25-26-28-3-1-4-6(5(2-3)29(21,22)9(14,15)16)20-7(27-4)30(23,24)10(17,18)19/h1-2H. The summed E-state index contributed by atoms with van der Waals surface area (Å²) >= 11 is 28.6. The minimum Gasteiger partial charge on any atom is -0.224 e. The smallest absolute Gasteiger partial charge is 0.224 e. The van der Waals surface area contributed by atoms with Crippen LogP contribution in [0, 0.1) is 0 Å². The van der Waals surface area contributed by atoms with Crippen molar-refractivity contribution in [1.29, 1.82) is 0 Å². The van der Waals surface area contributed by atoms with Gasteiger partial charge in [-0.3, -0.25) is 0 Å². The summed E-state index contributed by atoms with van der Waals surface area (Å²) < 4.78 is 52.0. The number of aromatic nitrogens is 1. The molecule has 0 radical (unpaired) electrons. The third-order valence-corrected chi connectivity index (χ3v) is 15.8. The molecule has 0 aliphatic heterocycles. The van der Waals surface area contributed by atoms with Gasteiger partial charge in [0.2, 0.25) is 27.0 Å². The summed E-state index contributed by atoms with van der Waals surface area (Å²) in [5.41, 5.74) is -0.0286. The zero-order chi connectivity index (χ0) is 23.3. The van der Waals surface area contributed by atoms with Crippen LogP contribution in [0.5, 0.6) is 0 Å². The van der Waals surface area contributed by atoms with Crippen LogP contribution < -0.4 is 0 Å². The lowest BCUT2D eigenvalue weighted by Gasteiger charge is -2.15. The zero-order valence-corrected chi connectivity index (χ0v) is 30.6. The van der Waals surface area contributed by atoms with Crippen molar-refractivity contribution in [3.8, 4) is 0 Å². The molecule has 0 bridgehead atoms. The number of fused-ring (bicyclic) bond motifs is 1. The van der Waals surface area contributed by atoms with E-state index in [1.54, 1.807) is 0 Å². The molecule has 0 unspecified atom stereocenters. The van der Waals surface area contributed by atoms with Gasteiger partial charge in [0.1, 0.15) is 5.52 Å². The zero-order valence-electron chi connectivity index (χ0n) is 13.1. The Morgan fingerprint density at radius 2 is 1.40 bits per heavy atom. The normalized spacial score (nSPS) is 14.4. The molecule has 20 heteroatoms. The number of halogens is 9. The van der Waals surface area contributed by atoms with Crippen molar-refractivity contribution < 1.29 is 26.1 Å². The summed E-state index contributed by atoms with van der Waals surface area (Å²) in [6.45, 7) is 0. The van der Waals surface area contributed by atoms with E-state index in [0.29, 0.717) is 16.9 Å². The summed E-state index contributed by atoms with van der Waals surface area (Å²) in [6, 6.07) is 2.80. The quantitative estimate of drug-likeness (QED) is 0.128. The second-order valence-corrected chi connectivity index (χ2v) is 34.2. The molecule has 2 rings (SSSR count). The SMILES string of the molecule is O=S(=O)(c1nc2c(S(=O)(=O)C(Br)(Br)Br)cc(SOOC(Br)(Br)Br)cc2s1)C(Br)(Br)Br. The van der Waals surface area contributed by atoms with Gasteiger partial charge in [0, 0.05) is 4.90 Å². The first-order chi connectivity index (χ1) is 13.3. The Hall–Kier alpha value is 3.60. The fourth-order valence-corrected chi connectivity index (χ4v) is 9.97. The Morgan fingerprint density at radius 1 is 0.867 bits per heavy atom. The van der Waals surface area contributed by atoms with Crippen LogP contribution in [0.3, 0.4) is 0 Å². The third kappa shape index (κ3) is 7.09. The molecule has 1 aromatic carbocycles. The van der Waals surface area contributed by atoms with E-state index in [4.69, 9.17) is 9.22 Å². The van der Waals surface area contributed by atoms with Gasteiger partial charge < -0.3 is 0 Å². The number of thiazole rings is 1. The minimum absolute atomic E-state index is 0.0286. The number of hydrogen-bond donors (Lipinski definition) is 0. The molecular formula is C10H2Br9NO6S4. The van der Waals surface area contributed by atoms with Crippen molar-refractivity contribution in [3.63, 3.8) is 0 Å². The molecule has 170 valence electrons. The molecule has 0 atom stereocenters. The van der Waals surface area contributed by atoms with Gasteiger partial charge in [-0.1, -0.05) is 0 Å². The molecule has 30 heavy (non-hydrogen) atoms. The van der Waals surface area contributed by atoms with Crippen LogP contribution in [0.1, 0.15) is 0 Å². The Morgan fingerprint density at radius 3 is 1.87 bits per heavy atom. The molecule has 0 amide bonds. The maximum absolute atomic E-state index is 13.1. The summed E-state index contributed by atoms with van der Waals surface area (Å²) in [6.07, 6.45) is 0. The van der Waals surface area contributed by atoms with Crippen molar-refractivity contribution in [2.24, 2.45) is 0 Å². The van der Waals surface area contributed by atoms with E-state index in [1.165, 1.54) is 12.1 Å². The molecule has 1 aromatic heterocycles. The van der Waals surface area contributed by atoms with Crippen LogP contribution in [0.25, 0.3) is 10.2 Å². The first kappa shape index (κ1) is 29.8. The molecule has 2 aromatic rings. The molecule has 0 spiro atoms. The highest BCUT2D eigenvalue weighted by atomic mass is 80.0. The van der Waals surface area contributed by atoms with Crippen molar-refractivity contribution in [2.75, 3.05) is 0 Å². The highest BCUT2D eigenvalue weighted by Gasteiger charge is 2.42. The van der Waals surface area contributed by atoms with Gasteiger partial charge in [-0.2, -0.15) is 9.22 Å². The summed E-state index contributed by atoms with van der Waals surface area (Å²) in [4.78, 5) is 9.10. The second kappa shape index (κ2) is 10.5. The fraction of sp³-hybridized carbons (Fsp3) is 0.300. The van der Waals surface area contributed by atoms with Gasteiger partial charge in [-0.15, -0.1) is 11.3 Å². The van der Waals surface area contributed by atoms with Crippen molar-refractivity contribution in [1.82, 2.24) is 4.98 Å². The van der Waals surface area contributed by atoms with Crippen LogP contribution in [0.15, 0.2) is 26.3 Å². The van der Waals surface area contributed by atoms with Crippen molar-refractivity contribution in [3.05, 3.63) is 12.1 Å². The van der Waals surface area contributed by atoms with Crippen molar-refractivity contribution in [2.45, 2.75) is 19.4 Å². The molecular weight excluding hydrogens is 1080 g/mol. The number of benzene rings is 1. The molecule has 7 nitrogen and oxygen atoms in total. The highest BCUT2D eigenvalue weighted by Crippen LogP contribution is 2.49. The molecule has 0 saturated carbocycles. The van der Waals surface area contributed by atoms with Crippen LogP contribution in [0.4, 0.5) is 0 Å². The molecule has 1 heterocycles. The topological polar surface area (TPSA) is 99.6 Å². The predicted molar refractivity (Wildman–Crippen MR) is 151 cm³/mol. The van der Waals surface area contributed by atoms with E-state index >= 15 is 0 Å². The van der Waals surface area contributed by atoms with Crippen LogP contribution in [-0.2, 0) is 28.9 Å². The van der Waals surface area contributed by atoms with E-state index in [2.05, 4.69) is 148 Å². The average Bonchev–Trinajstić information content (AvgIpc) is 2.95. The number of alkyl halides is 9. The Balaban J connectivity index is 2.71. The molecule has 0 saturated heterocycles. The van der Waals surface area contributed by atoms with Crippen molar-refractivity contribution >= 4 is 197 Å². The lowest BCUT2D eigenvalue weighted by atomic mass is 10.3. The number of sulfone groups is 2. The molecule has 0 aliphatic carbocycles. The van der Waals surface area contributed by atoms with E-state index in [0.717, 1.165) is 11.3 Å². The molecule has 0 N–H and O–H groups in total. The van der Waals surface area contributed by atoms with Gasteiger partial charge in [0.25, 0.3) is 2.33 Å². The van der Waals surface area contributed by atoms with Crippen LogP contribution in [0.2, 0.25) is 0 Å². The summed E-state index contributed by atoms with van der Waals surface area (Å²) in [5, 5.41) is 0. The van der Waals surface area contributed by atoms with E-state index in [9.17, 15) is 16.8 Å². The van der Waals surface area contributed by atoms with Crippen LogP contribution in [-0.4, -0.2) is 27.1 Å². The average molecular weight is 1080 g/mol. The van der Waals surface area contributed by atoms with E-state index in [-0.39, 0.29) is 19.5 Å². The summed E-state index contributed by atoms with van der Waals surface area (Å²) in [5.74, 6) is 0.